The quantitative estimate of drug-likeness (QED) is 0.833. The van der Waals surface area contributed by atoms with E-state index in [1.807, 2.05) is 49.4 Å². The first kappa shape index (κ1) is 19.9. The van der Waals surface area contributed by atoms with Gasteiger partial charge in [-0.15, -0.1) is 0 Å². The SMILES string of the molecule is COc1cccc(CN2C(=O)CCCCC2C(=O)NCc2cccc(C)c2)c1. The van der Waals surface area contributed by atoms with Crippen molar-refractivity contribution in [2.24, 2.45) is 0 Å². The Morgan fingerprint density at radius 2 is 1.93 bits per heavy atom. The van der Waals surface area contributed by atoms with Crippen molar-refractivity contribution in [3.8, 4) is 5.75 Å². The Bertz CT molecular complexity index is 834. The second-order valence-corrected chi connectivity index (χ2v) is 7.34. The lowest BCUT2D eigenvalue weighted by Gasteiger charge is -2.29. The Morgan fingerprint density at radius 1 is 1.14 bits per heavy atom. The lowest BCUT2D eigenvalue weighted by atomic mass is 10.1. The molecule has 28 heavy (non-hydrogen) atoms. The third-order valence-electron chi connectivity index (χ3n) is 5.15. The van der Waals surface area contributed by atoms with Gasteiger partial charge in [-0.05, 0) is 43.0 Å². The molecule has 1 aliphatic heterocycles. The van der Waals surface area contributed by atoms with Gasteiger partial charge in [-0.3, -0.25) is 9.59 Å². The van der Waals surface area contributed by atoms with Crippen LogP contribution in [-0.4, -0.2) is 29.9 Å². The van der Waals surface area contributed by atoms with Crippen LogP contribution in [0, 0.1) is 6.92 Å². The predicted octanol–water partition coefficient (Wildman–Crippen LogP) is 3.59. The highest BCUT2D eigenvalue weighted by Crippen LogP contribution is 2.22. The number of ether oxygens (including phenoxy) is 1. The summed E-state index contributed by atoms with van der Waals surface area (Å²) in [6.07, 6.45) is 2.89. The lowest BCUT2D eigenvalue weighted by molar-refractivity contribution is -0.140. The molecule has 0 saturated carbocycles. The number of rotatable bonds is 6. The van der Waals surface area contributed by atoms with Crippen LogP contribution in [0.3, 0.4) is 0 Å². The Hall–Kier alpha value is -2.82. The zero-order valence-corrected chi connectivity index (χ0v) is 16.6. The molecule has 0 bridgehead atoms. The number of methoxy groups -OCH3 is 1. The molecule has 5 heteroatoms. The van der Waals surface area contributed by atoms with Gasteiger partial charge in [-0.1, -0.05) is 48.4 Å². The first-order valence-corrected chi connectivity index (χ1v) is 9.82. The van der Waals surface area contributed by atoms with Crippen molar-refractivity contribution in [3.63, 3.8) is 0 Å². The summed E-state index contributed by atoms with van der Waals surface area (Å²) in [6.45, 7) is 2.92. The van der Waals surface area contributed by atoms with Gasteiger partial charge >= 0.3 is 0 Å². The van der Waals surface area contributed by atoms with Crippen molar-refractivity contribution < 1.29 is 14.3 Å². The molecular formula is C23H28N2O3. The number of amides is 2. The van der Waals surface area contributed by atoms with Gasteiger partial charge in [0.2, 0.25) is 11.8 Å². The Labute approximate surface area is 166 Å². The van der Waals surface area contributed by atoms with Crippen molar-refractivity contribution in [1.82, 2.24) is 10.2 Å². The highest BCUT2D eigenvalue weighted by molar-refractivity contribution is 5.88. The van der Waals surface area contributed by atoms with E-state index in [-0.39, 0.29) is 11.8 Å². The fourth-order valence-corrected chi connectivity index (χ4v) is 3.65. The smallest absolute Gasteiger partial charge is 0.243 e. The minimum absolute atomic E-state index is 0.0380. The first-order chi connectivity index (χ1) is 13.6. The predicted molar refractivity (Wildman–Crippen MR) is 109 cm³/mol. The maximum atomic E-state index is 12.9. The first-order valence-electron chi connectivity index (χ1n) is 9.82. The zero-order chi connectivity index (χ0) is 19.9. The van der Waals surface area contributed by atoms with E-state index in [9.17, 15) is 9.59 Å². The number of likely N-dealkylation sites (tertiary alicyclic amines) is 1. The summed E-state index contributed by atoms with van der Waals surface area (Å²) in [5, 5.41) is 3.03. The Kier molecular flexibility index (Phi) is 6.69. The minimum Gasteiger partial charge on any atom is -0.497 e. The van der Waals surface area contributed by atoms with Crippen LogP contribution in [0.15, 0.2) is 48.5 Å². The fraction of sp³-hybridized carbons (Fsp3) is 0.391. The van der Waals surface area contributed by atoms with E-state index in [4.69, 9.17) is 4.74 Å². The second-order valence-electron chi connectivity index (χ2n) is 7.34. The molecule has 1 aliphatic rings. The van der Waals surface area contributed by atoms with Crippen LogP contribution in [0.25, 0.3) is 0 Å². The Balaban J connectivity index is 1.73. The molecule has 2 amide bonds. The summed E-state index contributed by atoms with van der Waals surface area (Å²) in [6, 6.07) is 15.3. The van der Waals surface area contributed by atoms with Crippen LogP contribution in [0.2, 0.25) is 0 Å². The number of benzene rings is 2. The maximum absolute atomic E-state index is 12.9. The molecule has 0 aliphatic carbocycles. The molecular weight excluding hydrogens is 352 g/mol. The largest absolute Gasteiger partial charge is 0.497 e. The van der Waals surface area contributed by atoms with Crippen LogP contribution in [0.1, 0.15) is 42.4 Å². The number of nitrogens with one attached hydrogen (secondary N) is 1. The molecule has 0 aromatic heterocycles. The molecule has 1 unspecified atom stereocenters. The summed E-state index contributed by atoms with van der Waals surface area (Å²) in [7, 11) is 1.62. The lowest BCUT2D eigenvalue weighted by Crippen LogP contribution is -2.48. The number of carbonyl (C=O) groups excluding carboxylic acids is 2. The van der Waals surface area contributed by atoms with Crippen LogP contribution in [0.5, 0.6) is 5.75 Å². The summed E-state index contributed by atoms with van der Waals surface area (Å²) < 4.78 is 5.28. The van der Waals surface area contributed by atoms with Crippen molar-refractivity contribution >= 4 is 11.8 Å². The average Bonchev–Trinajstić information content (AvgIpc) is 2.88. The molecule has 2 aromatic carbocycles. The summed E-state index contributed by atoms with van der Waals surface area (Å²) in [5.74, 6) is 0.705. The average molecular weight is 380 g/mol. The van der Waals surface area contributed by atoms with Gasteiger partial charge in [-0.25, -0.2) is 0 Å². The van der Waals surface area contributed by atoms with Gasteiger partial charge in [0.25, 0.3) is 0 Å². The second kappa shape index (κ2) is 9.40. The topological polar surface area (TPSA) is 58.6 Å². The molecule has 0 spiro atoms. The van der Waals surface area contributed by atoms with E-state index in [0.717, 1.165) is 35.3 Å². The van der Waals surface area contributed by atoms with Gasteiger partial charge in [0, 0.05) is 19.5 Å². The van der Waals surface area contributed by atoms with Crippen molar-refractivity contribution in [2.75, 3.05) is 7.11 Å². The molecule has 2 aromatic rings. The van der Waals surface area contributed by atoms with E-state index in [1.54, 1.807) is 12.0 Å². The standard InChI is InChI=1S/C23H28N2O3/c1-17-7-5-8-18(13-17)15-24-23(27)21-11-3-4-12-22(26)25(21)16-19-9-6-10-20(14-19)28-2/h5-10,13-14,21H,3-4,11-12,15-16H2,1-2H3,(H,24,27). The number of aryl methyl sites for hydroxylation is 1. The molecule has 148 valence electrons. The van der Waals surface area contributed by atoms with Crippen LogP contribution >= 0.6 is 0 Å². The zero-order valence-electron chi connectivity index (χ0n) is 16.6. The number of carbonyl (C=O) groups is 2. The van der Waals surface area contributed by atoms with Crippen molar-refractivity contribution in [1.29, 1.82) is 0 Å². The molecule has 1 heterocycles. The third kappa shape index (κ3) is 5.12. The molecule has 1 atom stereocenters. The van der Waals surface area contributed by atoms with Crippen LogP contribution < -0.4 is 10.1 Å². The van der Waals surface area contributed by atoms with Crippen LogP contribution in [0.4, 0.5) is 0 Å². The number of hydrogen-bond acceptors (Lipinski definition) is 3. The van der Waals surface area contributed by atoms with E-state index < -0.39 is 6.04 Å². The van der Waals surface area contributed by atoms with Gasteiger partial charge in [0.05, 0.1) is 7.11 Å². The molecule has 1 N–H and O–H groups in total. The maximum Gasteiger partial charge on any atom is 0.243 e. The summed E-state index contributed by atoms with van der Waals surface area (Å²) >= 11 is 0. The summed E-state index contributed by atoms with van der Waals surface area (Å²) in [4.78, 5) is 27.4. The Morgan fingerprint density at radius 3 is 2.71 bits per heavy atom. The van der Waals surface area contributed by atoms with E-state index in [0.29, 0.717) is 25.9 Å². The van der Waals surface area contributed by atoms with Crippen LogP contribution in [-0.2, 0) is 22.7 Å². The van der Waals surface area contributed by atoms with E-state index >= 15 is 0 Å². The highest BCUT2D eigenvalue weighted by atomic mass is 16.5. The molecule has 5 nitrogen and oxygen atoms in total. The van der Waals surface area contributed by atoms with E-state index in [1.165, 1.54) is 0 Å². The van der Waals surface area contributed by atoms with Gasteiger partial charge in [0.1, 0.15) is 11.8 Å². The van der Waals surface area contributed by atoms with Gasteiger partial charge in [0.15, 0.2) is 0 Å². The van der Waals surface area contributed by atoms with Gasteiger partial charge in [-0.2, -0.15) is 0 Å². The summed E-state index contributed by atoms with van der Waals surface area (Å²) in [5.41, 5.74) is 3.19. The monoisotopic (exact) mass is 380 g/mol. The molecule has 0 radical (unpaired) electrons. The molecule has 1 saturated heterocycles. The highest BCUT2D eigenvalue weighted by Gasteiger charge is 2.31. The molecule has 3 rings (SSSR count). The fourth-order valence-electron chi connectivity index (χ4n) is 3.65. The minimum atomic E-state index is -0.439. The third-order valence-corrected chi connectivity index (χ3v) is 5.15. The molecule has 1 fully saturated rings. The van der Waals surface area contributed by atoms with E-state index in [2.05, 4.69) is 11.4 Å². The van der Waals surface area contributed by atoms with Crippen molar-refractivity contribution in [2.45, 2.75) is 51.7 Å². The number of hydrogen-bond donors (Lipinski definition) is 1. The normalized spacial score (nSPS) is 17.1. The van der Waals surface area contributed by atoms with Gasteiger partial charge < -0.3 is 15.0 Å². The number of nitrogens with zero attached hydrogens (tertiary/aromatic N) is 1. The van der Waals surface area contributed by atoms with Crippen molar-refractivity contribution in [3.05, 3.63) is 65.2 Å².